The molecular formula is C14H23ClN2OS. The van der Waals surface area contributed by atoms with Crippen molar-refractivity contribution >= 4 is 29.7 Å². The Morgan fingerprint density at radius 2 is 2.26 bits per heavy atom. The average molecular weight is 303 g/mol. The lowest BCUT2D eigenvalue weighted by Gasteiger charge is -2.34. The van der Waals surface area contributed by atoms with Gasteiger partial charge in [0.1, 0.15) is 0 Å². The van der Waals surface area contributed by atoms with E-state index in [1.165, 1.54) is 23.3 Å². The lowest BCUT2D eigenvalue weighted by molar-refractivity contribution is 0.0928. The summed E-state index contributed by atoms with van der Waals surface area (Å²) in [5.74, 6) is 0.0722. The highest BCUT2D eigenvalue weighted by molar-refractivity contribution is 7.14. The molecular weight excluding hydrogens is 280 g/mol. The number of rotatable bonds is 3. The number of hydrogen-bond donors (Lipinski definition) is 2. The summed E-state index contributed by atoms with van der Waals surface area (Å²) in [6.45, 7) is 9.21. The van der Waals surface area contributed by atoms with Crippen LogP contribution in [0.25, 0.3) is 0 Å². The van der Waals surface area contributed by atoms with Crippen LogP contribution in [0.15, 0.2) is 6.07 Å². The van der Waals surface area contributed by atoms with Crippen molar-refractivity contribution in [1.29, 1.82) is 0 Å². The van der Waals surface area contributed by atoms with Gasteiger partial charge in [0.25, 0.3) is 5.91 Å². The van der Waals surface area contributed by atoms with Gasteiger partial charge in [0.2, 0.25) is 0 Å². The quantitative estimate of drug-likeness (QED) is 0.901. The summed E-state index contributed by atoms with van der Waals surface area (Å²) in [5.41, 5.74) is 1.41. The van der Waals surface area contributed by atoms with Crippen molar-refractivity contribution in [3.63, 3.8) is 0 Å². The molecule has 5 heteroatoms. The molecule has 1 saturated heterocycles. The average Bonchev–Trinajstić information content (AvgIpc) is 2.68. The number of carbonyl (C=O) groups excluding carboxylic acids is 1. The van der Waals surface area contributed by atoms with Crippen molar-refractivity contribution in [2.45, 2.75) is 33.6 Å². The largest absolute Gasteiger partial charge is 0.351 e. The van der Waals surface area contributed by atoms with Crippen LogP contribution in [0, 0.1) is 19.3 Å². The standard InChI is InChI=1S/C14H22N2OS.ClH/c1-10-7-12(18-11(10)2)13(17)16-9-14(3)5-4-6-15-8-14;/h7,15H,4-6,8-9H2,1-3H3,(H,16,17);1H. The number of halogens is 1. The maximum atomic E-state index is 12.1. The van der Waals surface area contributed by atoms with Gasteiger partial charge >= 0.3 is 0 Å². The van der Waals surface area contributed by atoms with Crippen LogP contribution in [-0.4, -0.2) is 25.5 Å². The molecule has 0 saturated carbocycles. The number of aryl methyl sites for hydroxylation is 2. The molecule has 1 amide bonds. The number of piperidine rings is 1. The lowest BCUT2D eigenvalue weighted by atomic mass is 9.83. The highest BCUT2D eigenvalue weighted by Crippen LogP contribution is 2.25. The van der Waals surface area contributed by atoms with E-state index in [4.69, 9.17) is 0 Å². The third kappa shape index (κ3) is 4.20. The molecule has 1 unspecified atom stereocenters. The van der Waals surface area contributed by atoms with Crippen molar-refractivity contribution in [1.82, 2.24) is 10.6 Å². The van der Waals surface area contributed by atoms with Gasteiger partial charge in [0.15, 0.2) is 0 Å². The SMILES string of the molecule is Cc1cc(C(=O)NCC2(C)CCCNC2)sc1C.Cl. The van der Waals surface area contributed by atoms with Crippen molar-refractivity contribution in [3.8, 4) is 0 Å². The van der Waals surface area contributed by atoms with Crippen LogP contribution in [-0.2, 0) is 0 Å². The van der Waals surface area contributed by atoms with E-state index in [9.17, 15) is 4.79 Å². The zero-order chi connectivity index (χ0) is 13.2. The smallest absolute Gasteiger partial charge is 0.261 e. The first-order valence-electron chi connectivity index (χ1n) is 6.56. The van der Waals surface area contributed by atoms with Crippen molar-refractivity contribution in [2.24, 2.45) is 5.41 Å². The zero-order valence-electron chi connectivity index (χ0n) is 11.8. The molecule has 1 aromatic heterocycles. The monoisotopic (exact) mass is 302 g/mol. The van der Waals surface area contributed by atoms with E-state index in [0.29, 0.717) is 0 Å². The van der Waals surface area contributed by atoms with Gasteiger partial charge in [-0.3, -0.25) is 4.79 Å². The van der Waals surface area contributed by atoms with E-state index in [1.54, 1.807) is 11.3 Å². The lowest BCUT2D eigenvalue weighted by Crippen LogP contribution is -2.45. The van der Waals surface area contributed by atoms with Crippen molar-refractivity contribution < 1.29 is 4.79 Å². The van der Waals surface area contributed by atoms with E-state index < -0.39 is 0 Å². The fraction of sp³-hybridized carbons (Fsp3) is 0.643. The number of thiophene rings is 1. The van der Waals surface area contributed by atoms with Crippen LogP contribution < -0.4 is 10.6 Å². The minimum absolute atomic E-state index is 0. The molecule has 3 nitrogen and oxygen atoms in total. The highest BCUT2D eigenvalue weighted by atomic mass is 35.5. The molecule has 1 fully saturated rings. The molecule has 2 heterocycles. The van der Waals surface area contributed by atoms with E-state index >= 15 is 0 Å². The first-order chi connectivity index (χ1) is 8.50. The predicted molar refractivity (Wildman–Crippen MR) is 83.6 cm³/mol. The van der Waals surface area contributed by atoms with Crippen LogP contribution in [0.3, 0.4) is 0 Å². The van der Waals surface area contributed by atoms with Gasteiger partial charge < -0.3 is 10.6 Å². The molecule has 0 bridgehead atoms. The second kappa shape index (κ2) is 6.73. The van der Waals surface area contributed by atoms with Crippen LogP contribution >= 0.6 is 23.7 Å². The minimum atomic E-state index is 0. The molecule has 1 aliphatic rings. The highest BCUT2D eigenvalue weighted by Gasteiger charge is 2.27. The molecule has 0 aliphatic carbocycles. The Kier molecular flexibility index (Phi) is 5.83. The summed E-state index contributed by atoms with van der Waals surface area (Å²) in [5, 5.41) is 6.48. The number of carbonyl (C=O) groups is 1. The zero-order valence-corrected chi connectivity index (χ0v) is 13.5. The van der Waals surface area contributed by atoms with Crippen LogP contribution in [0.4, 0.5) is 0 Å². The summed E-state index contributed by atoms with van der Waals surface area (Å²) < 4.78 is 0. The Balaban J connectivity index is 0.00000180. The Bertz CT molecular complexity index is 419. The maximum absolute atomic E-state index is 12.1. The summed E-state index contributed by atoms with van der Waals surface area (Å²) in [4.78, 5) is 14.1. The molecule has 1 atom stereocenters. The molecule has 1 aromatic rings. The van der Waals surface area contributed by atoms with E-state index in [2.05, 4.69) is 31.4 Å². The first kappa shape index (κ1) is 16.5. The van der Waals surface area contributed by atoms with Gasteiger partial charge in [-0.1, -0.05) is 6.92 Å². The molecule has 0 spiro atoms. The molecule has 1 aliphatic heterocycles. The summed E-state index contributed by atoms with van der Waals surface area (Å²) >= 11 is 1.58. The second-order valence-corrected chi connectivity index (χ2v) is 6.88. The molecule has 2 N–H and O–H groups in total. The van der Waals surface area contributed by atoms with Crippen LogP contribution in [0.2, 0.25) is 0 Å². The number of amides is 1. The molecule has 108 valence electrons. The van der Waals surface area contributed by atoms with Crippen molar-refractivity contribution in [2.75, 3.05) is 19.6 Å². The van der Waals surface area contributed by atoms with E-state index in [1.807, 2.05) is 6.07 Å². The van der Waals surface area contributed by atoms with Crippen LogP contribution in [0.5, 0.6) is 0 Å². The Hall–Kier alpha value is -0.580. The fourth-order valence-electron chi connectivity index (χ4n) is 2.34. The Morgan fingerprint density at radius 1 is 1.53 bits per heavy atom. The van der Waals surface area contributed by atoms with Gasteiger partial charge in [0.05, 0.1) is 4.88 Å². The Morgan fingerprint density at radius 3 is 2.79 bits per heavy atom. The first-order valence-corrected chi connectivity index (χ1v) is 7.38. The van der Waals surface area contributed by atoms with Crippen LogP contribution in [0.1, 0.15) is 39.9 Å². The molecule has 2 rings (SSSR count). The minimum Gasteiger partial charge on any atom is -0.351 e. The van der Waals surface area contributed by atoms with E-state index in [0.717, 1.165) is 24.5 Å². The second-order valence-electron chi connectivity index (χ2n) is 5.62. The Labute approximate surface area is 125 Å². The normalized spacial score (nSPS) is 22.7. The fourth-order valence-corrected chi connectivity index (χ4v) is 3.29. The van der Waals surface area contributed by atoms with Gasteiger partial charge in [0, 0.05) is 18.0 Å². The van der Waals surface area contributed by atoms with Gasteiger partial charge in [-0.25, -0.2) is 0 Å². The third-order valence-electron chi connectivity index (χ3n) is 3.75. The maximum Gasteiger partial charge on any atom is 0.261 e. The summed E-state index contributed by atoms with van der Waals surface area (Å²) in [6.07, 6.45) is 2.38. The topological polar surface area (TPSA) is 41.1 Å². The summed E-state index contributed by atoms with van der Waals surface area (Å²) in [7, 11) is 0. The number of hydrogen-bond acceptors (Lipinski definition) is 3. The van der Waals surface area contributed by atoms with Crippen molar-refractivity contribution in [3.05, 3.63) is 21.4 Å². The molecule has 19 heavy (non-hydrogen) atoms. The molecule has 0 radical (unpaired) electrons. The number of nitrogens with one attached hydrogen (secondary N) is 2. The van der Waals surface area contributed by atoms with E-state index in [-0.39, 0.29) is 23.7 Å². The predicted octanol–water partition coefficient (Wildman–Crippen LogP) is 2.91. The van der Waals surface area contributed by atoms with Gasteiger partial charge in [-0.05, 0) is 50.3 Å². The van der Waals surface area contributed by atoms with Gasteiger partial charge in [-0.15, -0.1) is 23.7 Å². The third-order valence-corrected chi connectivity index (χ3v) is 4.90. The summed E-state index contributed by atoms with van der Waals surface area (Å²) in [6, 6.07) is 1.98. The molecule has 0 aromatic carbocycles. The van der Waals surface area contributed by atoms with Gasteiger partial charge in [-0.2, -0.15) is 0 Å².